The molecule has 1 saturated carbocycles. The smallest absolute Gasteiger partial charge is 0.246 e. The number of carbonyl (C=O) groups is 2. The lowest BCUT2D eigenvalue weighted by Crippen LogP contribution is -2.51. The van der Waals surface area contributed by atoms with Gasteiger partial charge in [-0.1, -0.05) is 0 Å². The molecule has 1 atom stereocenters. The Bertz CT molecular complexity index is 286. The molecule has 1 heterocycles. The Morgan fingerprint density at radius 2 is 2.07 bits per heavy atom. The highest BCUT2D eigenvalue weighted by Crippen LogP contribution is 2.24. The number of amides is 2. The summed E-state index contributed by atoms with van der Waals surface area (Å²) in [6, 6.07) is 0.00788. The monoisotopic (exact) mass is 212 g/mol. The van der Waals surface area contributed by atoms with Gasteiger partial charge in [0, 0.05) is 20.2 Å². The minimum atomic E-state index is -0.315. The maximum atomic E-state index is 11.6. The van der Waals surface area contributed by atoms with Crippen molar-refractivity contribution in [2.75, 3.05) is 14.2 Å². The van der Waals surface area contributed by atoms with E-state index in [1.54, 1.807) is 7.11 Å². The standard InChI is InChI=1S/C10H16N2O3/c1-12-9(13)5-8(10(12)14)11-6-3-7(4-6)15-2/h6-8,11H,3-5H2,1-2H3. The summed E-state index contributed by atoms with van der Waals surface area (Å²) in [5.41, 5.74) is 0. The number of rotatable bonds is 3. The number of methoxy groups -OCH3 is 1. The molecule has 0 aromatic carbocycles. The molecular weight excluding hydrogens is 196 g/mol. The Balaban J connectivity index is 1.82. The van der Waals surface area contributed by atoms with Crippen LogP contribution in [0, 0.1) is 0 Å². The van der Waals surface area contributed by atoms with Crippen LogP contribution in [-0.2, 0) is 14.3 Å². The van der Waals surface area contributed by atoms with Crippen molar-refractivity contribution in [1.29, 1.82) is 0 Å². The molecule has 2 fully saturated rings. The summed E-state index contributed by atoms with van der Waals surface area (Å²) in [5.74, 6) is -0.207. The summed E-state index contributed by atoms with van der Waals surface area (Å²) >= 11 is 0. The lowest BCUT2D eigenvalue weighted by atomic mass is 9.88. The van der Waals surface area contributed by atoms with Crippen LogP contribution in [0.2, 0.25) is 0 Å². The first-order chi connectivity index (χ1) is 7.11. The first kappa shape index (κ1) is 10.6. The van der Waals surface area contributed by atoms with Crippen molar-refractivity contribution in [1.82, 2.24) is 10.2 Å². The number of carbonyl (C=O) groups excluding carboxylic acids is 2. The average molecular weight is 212 g/mol. The maximum absolute atomic E-state index is 11.6. The fraction of sp³-hybridized carbons (Fsp3) is 0.800. The molecule has 0 radical (unpaired) electrons. The second-order valence-corrected chi connectivity index (χ2v) is 4.24. The van der Waals surface area contributed by atoms with E-state index >= 15 is 0 Å². The highest BCUT2D eigenvalue weighted by atomic mass is 16.5. The van der Waals surface area contributed by atoms with Crippen molar-refractivity contribution < 1.29 is 14.3 Å². The molecule has 5 nitrogen and oxygen atoms in total. The van der Waals surface area contributed by atoms with Gasteiger partial charge in [0.05, 0.1) is 18.6 Å². The van der Waals surface area contributed by atoms with Gasteiger partial charge in [-0.25, -0.2) is 0 Å². The van der Waals surface area contributed by atoms with Crippen LogP contribution in [0.3, 0.4) is 0 Å². The summed E-state index contributed by atoms with van der Waals surface area (Å²) in [7, 11) is 3.23. The molecular formula is C10H16N2O3. The number of nitrogens with zero attached hydrogens (tertiary/aromatic N) is 1. The van der Waals surface area contributed by atoms with E-state index in [1.165, 1.54) is 11.9 Å². The molecule has 1 N–H and O–H groups in total. The van der Waals surface area contributed by atoms with Gasteiger partial charge in [-0.2, -0.15) is 0 Å². The molecule has 2 amide bonds. The minimum Gasteiger partial charge on any atom is -0.381 e. The Morgan fingerprint density at radius 1 is 1.40 bits per heavy atom. The normalized spacial score (nSPS) is 35.9. The lowest BCUT2D eigenvalue weighted by molar-refractivity contribution is -0.137. The zero-order valence-corrected chi connectivity index (χ0v) is 9.03. The number of nitrogens with one attached hydrogen (secondary N) is 1. The van der Waals surface area contributed by atoms with Crippen molar-refractivity contribution >= 4 is 11.8 Å². The number of likely N-dealkylation sites (tertiary alicyclic amines) is 1. The third-order valence-corrected chi connectivity index (χ3v) is 3.25. The van der Waals surface area contributed by atoms with E-state index in [4.69, 9.17) is 4.74 Å². The number of ether oxygens (including phenoxy) is 1. The lowest BCUT2D eigenvalue weighted by Gasteiger charge is -2.36. The van der Waals surface area contributed by atoms with Crippen molar-refractivity contribution in [3.05, 3.63) is 0 Å². The Kier molecular flexibility index (Phi) is 2.75. The fourth-order valence-electron chi connectivity index (χ4n) is 2.06. The molecule has 2 aliphatic rings. The summed E-state index contributed by atoms with van der Waals surface area (Å²) in [5, 5.41) is 3.20. The van der Waals surface area contributed by atoms with Gasteiger partial charge in [0.25, 0.3) is 0 Å². The molecule has 0 aromatic rings. The van der Waals surface area contributed by atoms with Crippen LogP contribution in [0.4, 0.5) is 0 Å². The predicted molar refractivity (Wildman–Crippen MR) is 53.1 cm³/mol. The molecule has 0 spiro atoms. The molecule has 15 heavy (non-hydrogen) atoms. The van der Waals surface area contributed by atoms with Crippen LogP contribution in [0.1, 0.15) is 19.3 Å². The molecule has 0 aromatic heterocycles. The van der Waals surface area contributed by atoms with Gasteiger partial charge in [0.15, 0.2) is 0 Å². The molecule has 2 rings (SSSR count). The number of hydrogen-bond acceptors (Lipinski definition) is 4. The van der Waals surface area contributed by atoms with Crippen molar-refractivity contribution in [3.63, 3.8) is 0 Å². The van der Waals surface area contributed by atoms with E-state index in [0.29, 0.717) is 18.6 Å². The Hall–Kier alpha value is -0.940. The summed E-state index contributed by atoms with van der Waals surface area (Å²) < 4.78 is 5.15. The first-order valence-corrected chi connectivity index (χ1v) is 5.21. The third kappa shape index (κ3) is 1.89. The van der Waals surface area contributed by atoms with E-state index in [-0.39, 0.29) is 17.9 Å². The van der Waals surface area contributed by atoms with Crippen LogP contribution in [-0.4, -0.2) is 49.1 Å². The molecule has 1 aliphatic carbocycles. The van der Waals surface area contributed by atoms with Gasteiger partial charge in [0.1, 0.15) is 0 Å². The number of imide groups is 1. The first-order valence-electron chi connectivity index (χ1n) is 5.21. The second-order valence-electron chi connectivity index (χ2n) is 4.24. The summed E-state index contributed by atoms with van der Waals surface area (Å²) in [6.45, 7) is 0. The van der Waals surface area contributed by atoms with Gasteiger partial charge >= 0.3 is 0 Å². The van der Waals surface area contributed by atoms with Gasteiger partial charge in [-0.05, 0) is 12.8 Å². The number of hydrogen-bond donors (Lipinski definition) is 1. The van der Waals surface area contributed by atoms with Gasteiger partial charge in [-0.15, -0.1) is 0 Å². The quantitative estimate of drug-likeness (QED) is 0.641. The highest BCUT2D eigenvalue weighted by molar-refractivity contribution is 6.05. The van der Waals surface area contributed by atoms with Crippen LogP contribution in [0.5, 0.6) is 0 Å². The van der Waals surface area contributed by atoms with Crippen molar-refractivity contribution in [2.24, 2.45) is 0 Å². The van der Waals surface area contributed by atoms with E-state index in [9.17, 15) is 9.59 Å². The van der Waals surface area contributed by atoms with Crippen LogP contribution in [0.25, 0.3) is 0 Å². The average Bonchev–Trinajstić information content (AvgIpc) is 2.39. The largest absolute Gasteiger partial charge is 0.381 e. The van der Waals surface area contributed by atoms with Gasteiger partial charge in [0.2, 0.25) is 11.8 Å². The highest BCUT2D eigenvalue weighted by Gasteiger charge is 2.39. The molecule has 1 saturated heterocycles. The maximum Gasteiger partial charge on any atom is 0.246 e. The minimum absolute atomic E-state index is 0.0971. The predicted octanol–water partition coefficient (Wildman–Crippen LogP) is -0.489. The third-order valence-electron chi connectivity index (χ3n) is 3.25. The molecule has 0 bridgehead atoms. The molecule has 1 aliphatic heterocycles. The molecule has 84 valence electrons. The molecule has 1 unspecified atom stereocenters. The summed E-state index contributed by atoms with van der Waals surface area (Å²) in [4.78, 5) is 24.0. The van der Waals surface area contributed by atoms with E-state index in [0.717, 1.165) is 12.8 Å². The molecule has 5 heteroatoms. The van der Waals surface area contributed by atoms with E-state index in [2.05, 4.69) is 5.32 Å². The van der Waals surface area contributed by atoms with Gasteiger partial charge in [-0.3, -0.25) is 14.5 Å². The number of likely N-dealkylation sites (N-methyl/N-ethyl adjacent to an activating group) is 1. The van der Waals surface area contributed by atoms with E-state index < -0.39 is 0 Å². The van der Waals surface area contributed by atoms with Crippen LogP contribution < -0.4 is 5.32 Å². The van der Waals surface area contributed by atoms with Crippen LogP contribution in [0.15, 0.2) is 0 Å². The van der Waals surface area contributed by atoms with Crippen LogP contribution >= 0.6 is 0 Å². The zero-order valence-electron chi connectivity index (χ0n) is 9.03. The fourth-order valence-corrected chi connectivity index (χ4v) is 2.06. The topological polar surface area (TPSA) is 58.6 Å². The zero-order chi connectivity index (χ0) is 11.0. The van der Waals surface area contributed by atoms with Crippen molar-refractivity contribution in [3.8, 4) is 0 Å². The summed E-state index contributed by atoms with van der Waals surface area (Å²) in [6.07, 6.45) is 2.47. The van der Waals surface area contributed by atoms with Crippen molar-refractivity contribution in [2.45, 2.75) is 37.5 Å². The Morgan fingerprint density at radius 3 is 2.53 bits per heavy atom. The SMILES string of the molecule is COC1CC(NC2CC(=O)N(C)C2=O)C1. The second kappa shape index (κ2) is 3.90. The Labute approximate surface area is 88.8 Å². The van der Waals surface area contributed by atoms with E-state index in [1.807, 2.05) is 0 Å². The van der Waals surface area contributed by atoms with Gasteiger partial charge < -0.3 is 10.1 Å².